The fraction of sp³-hybridized carbons (Fsp3) is 0.467. The molecule has 21 heavy (non-hydrogen) atoms. The number of carbonyl (C=O) groups excluding carboxylic acids is 1. The van der Waals surface area contributed by atoms with Gasteiger partial charge >= 0.3 is 5.97 Å². The van der Waals surface area contributed by atoms with Crippen molar-refractivity contribution in [2.75, 3.05) is 13.2 Å². The number of nitrogens with one attached hydrogen (secondary N) is 1. The van der Waals surface area contributed by atoms with Crippen molar-refractivity contribution in [3.05, 3.63) is 28.2 Å². The highest BCUT2D eigenvalue weighted by Crippen LogP contribution is 2.28. The lowest BCUT2D eigenvalue weighted by molar-refractivity contribution is -0.137. The molecule has 0 unspecified atom stereocenters. The van der Waals surface area contributed by atoms with Crippen molar-refractivity contribution in [3.8, 4) is 5.75 Å². The fourth-order valence-corrected chi connectivity index (χ4v) is 2.17. The van der Waals surface area contributed by atoms with Crippen molar-refractivity contribution in [2.45, 2.75) is 32.6 Å². The third-order valence-corrected chi connectivity index (χ3v) is 3.49. The molecule has 5 nitrogen and oxygen atoms in total. The zero-order valence-electron chi connectivity index (χ0n) is 12.2. The van der Waals surface area contributed by atoms with Gasteiger partial charge < -0.3 is 15.2 Å². The molecule has 0 aliphatic heterocycles. The van der Waals surface area contributed by atoms with E-state index in [1.165, 1.54) is 5.56 Å². The standard InChI is InChI=1S/C15H20BrNO4/c1-10(2)11-5-6-13(12(16)8-11)21-9-14(18)17-7-3-4-15(19)20/h5-6,8,10H,3-4,7,9H2,1-2H3,(H,17,18)(H,19,20). The highest BCUT2D eigenvalue weighted by atomic mass is 79.9. The molecule has 0 aliphatic rings. The average Bonchev–Trinajstić information content (AvgIpc) is 2.41. The Bertz CT molecular complexity index is 502. The molecular formula is C15H20BrNO4. The minimum Gasteiger partial charge on any atom is -0.483 e. The van der Waals surface area contributed by atoms with Crippen LogP contribution in [0.25, 0.3) is 0 Å². The molecule has 2 N–H and O–H groups in total. The van der Waals surface area contributed by atoms with E-state index in [9.17, 15) is 9.59 Å². The molecular weight excluding hydrogens is 338 g/mol. The SMILES string of the molecule is CC(C)c1ccc(OCC(=O)NCCCC(=O)O)c(Br)c1. The van der Waals surface area contributed by atoms with E-state index in [1.54, 1.807) is 0 Å². The van der Waals surface area contributed by atoms with Crippen molar-refractivity contribution in [3.63, 3.8) is 0 Å². The van der Waals surface area contributed by atoms with Crippen LogP contribution in [0.2, 0.25) is 0 Å². The van der Waals surface area contributed by atoms with E-state index in [0.29, 0.717) is 24.6 Å². The molecule has 0 fully saturated rings. The van der Waals surface area contributed by atoms with Crippen molar-refractivity contribution >= 4 is 27.8 Å². The summed E-state index contributed by atoms with van der Waals surface area (Å²) in [6, 6.07) is 5.78. The number of benzene rings is 1. The van der Waals surface area contributed by atoms with Gasteiger partial charge in [-0.25, -0.2) is 0 Å². The maximum absolute atomic E-state index is 11.5. The Balaban J connectivity index is 2.37. The number of rotatable bonds is 8. The third-order valence-electron chi connectivity index (χ3n) is 2.87. The van der Waals surface area contributed by atoms with Crippen LogP contribution in [0.1, 0.15) is 38.2 Å². The number of amides is 1. The van der Waals surface area contributed by atoms with Gasteiger partial charge in [-0.2, -0.15) is 0 Å². The smallest absolute Gasteiger partial charge is 0.303 e. The molecule has 1 amide bonds. The van der Waals surface area contributed by atoms with Gasteiger partial charge in [0.1, 0.15) is 5.75 Å². The van der Waals surface area contributed by atoms with E-state index in [1.807, 2.05) is 18.2 Å². The summed E-state index contributed by atoms with van der Waals surface area (Å²) in [7, 11) is 0. The van der Waals surface area contributed by atoms with Gasteiger partial charge in [-0.15, -0.1) is 0 Å². The van der Waals surface area contributed by atoms with E-state index in [0.717, 1.165) is 4.47 Å². The number of ether oxygens (including phenoxy) is 1. The Morgan fingerprint density at radius 3 is 2.67 bits per heavy atom. The summed E-state index contributed by atoms with van der Waals surface area (Å²) < 4.78 is 6.25. The minimum absolute atomic E-state index is 0.0450. The van der Waals surface area contributed by atoms with Crippen LogP contribution in [0.4, 0.5) is 0 Å². The lowest BCUT2D eigenvalue weighted by Crippen LogP contribution is -2.30. The van der Waals surface area contributed by atoms with Crippen LogP contribution in [0, 0.1) is 0 Å². The lowest BCUT2D eigenvalue weighted by atomic mass is 10.0. The molecule has 6 heteroatoms. The van der Waals surface area contributed by atoms with Crippen LogP contribution < -0.4 is 10.1 Å². The van der Waals surface area contributed by atoms with Crippen molar-refractivity contribution in [2.24, 2.45) is 0 Å². The number of carboxylic acids is 1. The van der Waals surface area contributed by atoms with Gasteiger partial charge in [0.25, 0.3) is 5.91 Å². The quantitative estimate of drug-likeness (QED) is 0.701. The molecule has 0 heterocycles. The van der Waals surface area contributed by atoms with Crippen LogP contribution in [-0.2, 0) is 9.59 Å². The largest absolute Gasteiger partial charge is 0.483 e. The Morgan fingerprint density at radius 1 is 1.38 bits per heavy atom. The summed E-state index contributed by atoms with van der Waals surface area (Å²) in [5.74, 6) is -0.0946. The van der Waals surface area contributed by atoms with E-state index in [4.69, 9.17) is 9.84 Å². The second-order valence-electron chi connectivity index (χ2n) is 4.98. The molecule has 0 radical (unpaired) electrons. The summed E-state index contributed by atoms with van der Waals surface area (Å²) in [4.78, 5) is 21.9. The normalized spacial score (nSPS) is 10.5. The first-order valence-corrected chi connectivity index (χ1v) is 7.60. The Morgan fingerprint density at radius 2 is 2.10 bits per heavy atom. The van der Waals surface area contributed by atoms with Gasteiger partial charge in [0, 0.05) is 13.0 Å². The van der Waals surface area contributed by atoms with Crippen molar-refractivity contribution in [1.82, 2.24) is 5.32 Å². The highest BCUT2D eigenvalue weighted by Gasteiger charge is 2.08. The molecule has 116 valence electrons. The molecule has 1 aromatic carbocycles. The van der Waals surface area contributed by atoms with Gasteiger partial charge in [0.2, 0.25) is 0 Å². The summed E-state index contributed by atoms with van der Waals surface area (Å²) in [5.41, 5.74) is 1.19. The molecule has 0 aromatic heterocycles. The zero-order valence-corrected chi connectivity index (χ0v) is 13.8. The number of carbonyl (C=O) groups is 2. The minimum atomic E-state index is -0.866. The first kappa shape index (κ1) is 17.5. The number of hydrogen-bond acceptors (Lipinski definition) is 3. The molecule has 0 aliphatic carbocycles. The molecule has 1 aromatic rings. The summed E-state index contributed by atoms with van der Waals surface area (Å²) in [5, 5.41) is 11.1. The molecule has 1 rings (SSSR count). The summed E-state index contributed by atoms with van der Waals surface area (Å²) in [6.45, 7) is 4.45. The molecule has 0 atom stereocenters. The van der Waals surface area contributed by atoms with Gasteiger partial charge in [0.15, 0.2) is 6.61 Å². The van der Waals surface area contributed by atoms with Gasteiger partial charge in [-0.3, -0.25) is 9.59 Å². The number of halogens is 1. The summed E-state index contributed by atoms with van der Waals surface area (Å²) in [6.07, 6.45) is 0.456. The number of aliphatic carboxylic acids is 1. The van der Waals surface area contributed by atoms with Gasteiger partial charge in [-0.05, 0) is 46.0 Å². The zero-order chi connectivity index (χ0) is 15.8. The second kappa shape index (κ2) is 8.67. The molecule has 0 spiro atoms. The Labute approximate surface area is 132 Å². The predicted molar refractivity (Wildman–Crippen MR) is 83.6 cm³/mol. The topological polar surface area (TPSA) is 75.6 Å². The lowest BCUT2D eigenvalue weighted by Gasteiger charge is -2.11. The van der Waals surface area contributed by atoms with Crippen molar-refractivity contribution < 1.29 is 19.4 Å². The van der Waals surface area contributed by atoms with E-state index < -0.39 is 5.97 Å². The van der Waals surface area contributed by atoms with Crippen LogP contribution >= 0.6 is 15.9 Å². The van der Waals surface area contributed by atoms with Crippen LogP contribution in [0.15, 0.2) is 22.7 Å². The van der Waals surface area contributed by atoms with Crippen molar-refractivity contribution in [1.29, 1.82) is 0 Å². The fourth-order valence-electron chi connectivity index (χ4n) is 1.66. The monoisotopic (exact) mass is 357 g/mol. The van der Waals surface area contributed by atoms with Crippen LogP contribution in [-0.4, -0.2) is 30.1 Å². The van der Waals surface area contributed by atoms with E-state index in [-0.39, 0.29) is 18.9 Å². The maximum atomic E-state index is 11.5. The van der Waals surface area contributed by atoms with Crippen LogP contribution in [0.5, 0.6) is 5.75 Å². The molecule has 0 saturated heterocycles. The van der Waals surface area contributed by atoms with Gasteiger partial charge in [0.05, 0.1) is 4.47 Å². The van der Waals surface area contributed by atoms with E-state index >= 15 is 0 Å². The second-order valence-corrected chi connectivity index (χ2v) is 5.83. The molecule has 0 bridgehead atoms. The summed E-state index contributed by atoms with van der Waals surface area (Å²) >= 11 is 3.42. The first-order valence-electron chi connectivity index (χ1n) is 6.81. The number of hydrogen-bond donors (Lipinski definition) is 2. The maximum Gasteiger partial charge on any atom is 0.303 e. The highest BCUT2D eigenvalue weighted by molar-refractivity contribution is 9.10. The number of carboxylic acid groups (broad SMARTS) is 1. The van der Waals surface area contributed by atoms with Crippen LogP contribution in [0.3, 0.4) is 0 Å². The molecule has 0 saturated carbocycles. The van der Waals surface area contributed by atoms with E-state index in [2.05, 4.69) is 35.1 Å². The third kappa shape index (κ3) is 6.62. The van der Waals surface area contributed by atoms with Gasteiger partial charge in [-0.1, -0.05) is 19.9 Å². The Kier molecular flexibility index (Phi) is 7.22. The first-order chi connectivity index (χ1) is 9.90. The Hall–Kier alpha value is -1.56. The predicted octanol–water partition coefficient (Wildman–Crippen LogP) is 2.93. The average molecular weight is 358 g/mol.